The molecule has 0 radical (unpaired) electrons. The lowest BCUT2D eigenvalue weighted by Gasteiger charge is -2.17. The highest BCUT2D eigenvalue weighted by Gasteiger charge is 2.15. The molecule has 0 aliphatic carbocycles. The molecule has 0 bridgehead atoms. The van der Waals surface area contributed by atoms with Crippen LogP contribution < -0.4 is 10.1 Å². The number of hydrogen-bond acceptors (Lipinski definition) is 3. The Morgan fingerprint density at radius 2 is 2.10 bits per heavy atom. The fraction of sp³-hybridized carbons (Fsp3) is 0.667. The summed E-state index contributed by atoms with van der Waals surface area (Å²) in [5.41, 5.74) is 1.34. The van der Waals surface area contributed by atoms with Crippen LogP contribution >= 0.6 is 0 Å². The van der Waals surface area contributed by atoms with Crippen molar-refractivity contribution in [3.63, 3.8) is 0 Å². The molecule has 0 amide bonds. The van der Waals surface area contributed by atoms with E-state index in [0.29, 0.717) is 12.1 Å². The molecule has 1 aromatic carbocycles. The Hall–Kier alpha value is -1.06. The van der Waals surface area contributed by atoms with E-state index >= 15 is 0 Å². The maximum absolute atomic E-state index is 5.82. The van der Waals surface area contributed by atoms with Crippen LogP contribution in [-0.4, -0.2) is 25.9 Å². The van der Waals surface area contributed by atoms with E-state index in [9.17, 15) is 0 Å². The highest BCUT2D eigenvalue weighted by molar-refractivity contribution is 5.29. The van der Waals surface area contributed by atoms with E-state index in [2.05, 4.69) is 43.4 Å². The van der Waals surface area contributed by atoms with Crippen LogP contribution in [0.4, 0.5) is 0 Å². The van der Waals surface area contributed by atoms with Crippen LogP contribution in [0.1, 0.15) is 57.6 Å². The van der Waals surface area contributed by atoms with Gasteiger partial charge in [-0.2, -0.15) is 0 Å². The fourth-order valence-electron chi connectivity index (χ4n) is 2.79. The molecule has 0 saturated carbocycles. The normalized spacial score (nSPS) is 19.6. The average Bonchev–Trinajstić information content (AvgIpc) is 3.03. The van der Waals surface area contributed by atoms with Crippen molar-refractivity contribution < 1.29 is 9.47 Å². The molecular formula is C18H29NO2. The third-order valence-electron chi connectivity index (χ3n) is 4.06. The Morgan fingerprint density at radius 3 is 2.71 bits per heavy atom. The van der Waals surface area contributed by atoms with E-state index in [-0.39, 0.29) is 0 Å². The van der Waals surface area contributed by atoms with E-state index < -0.39 is 0 Å². The van der Waals surface area contributed by atoms with Crippen molar-refractivity contribution in [3.8, 4) is 5.75 Å². The molecule has 2 atom stereocenters. The van der Waals surface area contributed by atoms with Gasteiger partial charge in [0.15, 0.2) is 0 Å². The second-order valence-electron chi connectivity index (χ2n) is 5.76. The highest BCUT2D eigenvalue weighted by atomic mass is 16.5. The molecule has 1 saturated heterocycles. The van der Waals surface area contributed by atoms with E-state index in [0.717, 1.165) is 38.3 Å². The minimum absolute atomic E-state index is 0.409. The summed E-state index contributed by atoms with van der Waals surface area (Å²) in [5.74, 6) is 0.960. The third-order valence-corrected chi connectivity index (χ3v) is 4.06. The predicted octanol–water partition coefficient (Wildman–Crippen LogP) is 4.09. The zero-order chi connectivity index (χ0) is 14.9. The van der Waals surface area contributed by atoms with Crippen LogP contribution in [0.3, 0.4) is 0 Å². The number of nitrogens with one attached hydrogen (secondary N) is 1. The van der Waals surface area contributed by atoms with Gasteiger partial charge in [-0.1, -0.05) is 26.0 Å². The van der Waals surface area contributed by atoms with Crippen molar-refractivity contribution in [2.45, 2.75) is 58.1 Å². The van der Waals surface area contributed by atoms with Gasteiger partial charge in [0, 0.05) is 19.1 Å². The summed E-state index contributed by atoms with van der Waals surface area (Å²) in [6.07, 6.45) is 6.07. The lowest BCUT2D eigenvalue weighted by atomic mass is 10.0. The van der Waals surface area contributed by atoms with Crippen molar-refractivity contribution in [1.82, 2.24) is 5.32 Å². The van der Waals surface area contributed by atoms with Gasteiger partial charge in [-0.25, -0.2) is 0 Å². The van der Waals surface area contributed by atoms with Gasteiger partial charge in [-0.15, -0.1) is 0 Å². The van der Waals surface area contributed by atoms with E-state index in [1.165, 1.54) is 24.8 Å². The summed E-state index contributed by atoms with van der Waals surface area (Å²) in [5, 5.41) is 3.58. The molecular weight excluding hydrogens is 262 g/mol. The standard InChI is InChI=1S/C18H29NO2/c1-3-12-19-18(4-2)15-7-9-17(10-8-15)21-14-11-16-6-5-13-20-16/h7-10,16,18-19H,3-6,11-14H2,1-2H3. The molecule has 21 heavy (non-hydrogen) atoms. The Balaban J connectivity index is 1.77. The zero-order valence-electron chi connectivity index (χ0n) is 13.4. The van der Waals surface area contributed by atoms with Crippen molar-refractivity contribution >= 4 is 0 Å². The number of hydrogen-bond donors (Lipinski definition) is 1. The lowest BCUT2D eigenvalue weighted by molar-refractivity contribution is 0.0903. The van der Waals surface area contributed by atoms with Crippen LogP contribution in [0.2, 0.25) is 0 Å². The number of benzene rings is 1. The quantitative estimate of drug-likeness (QED) is 0.743. The largest absolute Gasteiger partial charge is 0.493 e. The molecule has 1 aliphatic rings. The highest BCUT2D eigenvalue weighted by Crippen LogP contribution is 2.21. The summed E-state index contributed by atoms with van der Waals surface area (Å²) >= 11 is 0. The van der Waals surface area contributed by atoms with Gasteiger partial charge in [0.25, 0.3) is 0 Å². The molecule has 3 nitrogen and oxygen atoms in total. The maximum Gasteiger partial charge on any atom is 0.119 e. The molecule has 118 valence electrons. The van der Waals surface area contributed by atoms with Crippen molar-refractivity contribution in [3.05, 3.63) is 29.8 Å². The van der Waals surface area contributed by atoms with Crippen molar-refractivity contribution in [1.29, 1.82) is 0 Å². The number of rotatable bonds is 9. The molecule has 2 unspecified atom stereocenters. The van der Waals surface area contributed by atoms with Crippen molar-refractivity contribution in [2.75, 3.05) is 19.8 Å². The first-order valence-electron chi connectivity index (χ1n) is 8.41. The summed E-state index contributed by atoms with van der Waals surface area (Å²) in [6.45, 7) is 7.15. The van der Waals surface area contributed by atoms with Gasteiger partial charge < -0.3 is 14.8 Å². The summed E-state index contributed by atoms with van der Waals surface area (Å²) < 4.78 is 11.4. The first kappa shape index (κ1) is 16.3. The SMILES string of the molecule is CCCNC(CC)c1ccc(OCCC2CCCO2)cc1. The van der Waals surface area contributed by atoms with Crippen LogP contribution in [0.15, 0.2) is 24.3 Å². The average molecular weight is 291 g/mol. The van der Waals surface area contributed by atoms with E-state index in [4.69, 9.17) is 9.47 Å². The van der Waals surface area contributed by atoms with Gasteiger partial charge in [0.1, 0.15) is 5.75 Å². The Kier molecular flexibility index (Phi) is 7.04. The Labute approximate surface area is 129 Å². The van der Waals surface area contributed by atoms with Crippen molar-refractivity contribution in [2.24, 2.45) is 0 Å². The molecule has 0 aromatic heterocycles. The van der Waals surface area contributed by atoms with Gasteiger partial charge >= 0.3 is 0 Å². The smallest absolute Gasteiger partial charge is 0.119 e. The molecule has 1 aliphatic heterocycles. The second kappa shape index (κ2) is 9.06. The Morgan fingerprint density at radius 1 is 1.29 bits per heavy atom. The van der Waals surface area contributed by atoms with Crippen LogP contribution in [0.25, 0.3) is 0 Å². The van der Waals surface area contributed by atoms with Crippen LogP contribution in [0, 0.1) is 0 Å². The van der Waals surface area contributed by atoms with E-state index in [1.807, 2.05) is 0 Å². The Bertz CT molecular complexity index is 385. The molecule has 2 rings (SSSR count). The monoisotopic (exact) mass is 291 g/mol. The fourth-order valence-corrected chi connectivity index (χ4v) is 2.79. The first-order valence-corrected chi connectivity index (χ1v) is 8.41. The van der Waals surface area contributed by atoms with Crippen LogP contribution in [0.5, 0.6) is 5.75 Å². The summed E-state index contributed by atoms with van der Waals surface area (Å²) in [7, 11) is 0. The summed E-state index contributed by atoms with van der Waals surface area (Å²) in [4.78, 5) is 0. The van der Waals surface area contributed by atoms with E-state index in [1.54, 1.807) is 0 Å². The minimum atomic E-state index is 0.409. The predicted molar refractivity (Wildman–Crippen MR) is 86.9 cm³/mol. The van der Waals surface area contributed by atoms with Gasteiger partial charge in [-0.05, 0) is 49.9 Å². The van der Waals surface area contributed by atoms with Crippen LogP contribution in [-0.2, 0) is 4.74 Å². The topological polar surface area (TPSA) is 30.5 Å². The molecule has 1 aromatic rings. The lowest BCUT2D eigenvalue weighted by Crippen LogP contribution is -2.21. The second-order valence-corrected chi connectivity index (χ2v) is 5.76. The zero-order valence-corrected chi connectivity index (χ0v) is 13.4. The number of ether oxygens (including phenoxy) is 2. The molecule has 1 heterocycles. The third kappa shape index (κ3) is 5.33. The van der Waals surface area contributed by atoms with Gasteiger partial charge in [-0.3, -0.25) is 0 Å². The minimum Gasteiger partial charge on any atom is -0.493 e. The molecule has 0 spiro atoms. The van der Waals surface area contributed by atoms with Gasteiger partial charge in [0.2, 0.25) is 0 Å². The molecule has 1 N–H and O–H groups in total. The van der Waals surface area contributed by atoms with Gasteiger partial charge in [0.05, 0.1) is 12.7 Å². The molecule has 3 heteroatoms. The molecule has 1 fully saturated rings. The maximum atomic E-state index is 5.82. The summed E-state index contributed by atoms with van der Waals surface area (Å²) in [6, 6.07) is 8.98. The first-order chi connectivity index (χ1) is 10.3.